The first-order valence-electron chi connectivity index (χ1n) is 11.3. The van der Waals surface area contributed by atoms with Crippen LogP contribution in [-0.4, -0.2) is 38.8 Å². The third-order valence-corrected chi connectivity index (χ3v) is 7.78. The quantitative estimate of drug-likeness (QED) is 0.295. The molecule has 1 fully saturated rings. The Morgan fingerprint density at radius 3 is 2.53 bits per heavy atom. The van der Waals surface area contributed by atoms with E-state index < -0.39 is 35.5 Å². The average molecular weight is 455 g/mol. The molecule has 4 aliphatic rings. The number of carbonyl (C=O) groups excluding carboxylic acids is 4. The fraction of sp³-hybridized carbons (Fsp3) is 0.259. The number of amides is 2. The summed E-state index contributed by atoms with van der Waals surface area (Å²) in [6, 6.07) is 11.0. The topological polar surface area (TPSA) is 112 Å². The number of ketones is 2. The van der Waals surface area contributed by atoms with Gasteiger partial charge in [0.15, 0.2) is 11.6 Å². The molecule has 0 aromatic heterocycles. The van der Waals surface area contributed by atoms with Crippen LogP contribution in [0.15, 0.2) is 70.8 Å². The van der Waals surface area contributed by atoms with Crippen molar-refractivity contribution >= 4 is 34.2 Å². The van der Waals surface area contributed by atoms with Gasteiger partial charge in [0.25, 0.3) is 11.8 Å². The van der Waals surface area contributed by atoms with Crippen molar-refractivity contribution in [3.63, 3.8) is 0 Å². The SMILES string of the molecule is CC1=CC(=O)C2=C(C1=O)C(c1ccc3ccccc3c1O)C1=CCC3C(=O)N(O)C(=O)C3C1C2. The highest BCUT2D eigenvalue weighted by Crippen LogP contribution is 2.56. The molecule has 0 bridgehead atoms. The minimum Gasteiger partial charge on any atom is -0.507 e. The number of nitrogens with zero attached hydrogens (tertiary/aromatic N) is 1. The van der Waals surface area contributed by atoms with Gasteiger partial charge in [-0.2, -0.15) is 5.06 Å². The van der Waals surface area contributed by atoms with Crippen molar-refractivity contribution in [3.8, 4) is 5.75 Å². The van der Waals surface area contributed by atoms with Crippen LogP contribution < -0.4 is 0 Å². The number of hydrogen-bond acceptors (Lipinski definition) is 6. The van der Waals surface area contributed by atoms with Gasteiger partial charge in [-0.15, -0.1) is 0 Å². The monoisotopic (exact) mass is 455 g/mol. The Labute approximate surface area is 194 Å². The molecule has 0 saturated carbocycles. The number of hydrogen-bond donors (Lipinski definition) is 2. The van der Waals surface area contributed by atoms with Gasteiger partial charge in [-0.25, -0.2) is 0 Å². The van der Waals surface area contributed by atoms with Crippen molar-refractivity contribution in [2.24, 2.45) is 17.8 Å². The maximum absolute atomic E-state index is 13.4. The highest BCUT2D eigenvalue weighted by atomic mass is 16.5. The molecule has 0 spiro atoms. The summed E-state index contributed by atoms with van der Waals surface area (Å²) in [5.74, 6) is -4.64. The highest BCUT2D eigenvalue weighted by Gasteiger charge is 2.56. The fourth-order valence-electron chi connectivity index (χ4n) is 6.20. The molecule has 34 heavy (non-hydrogen) atoms. The van der Waals surface area contributed by atoms with E-state index in [9.17, 15) is 29.5 Å². The molecular weight excluding hydrogens is 434 g/mol. The van der Waals surface area contributed by atoms with Crippen molar-refractivity contribution in [1.29, 1.82) is 0 Å². The van der Waals surface area contributed by atoms with Crippen LogP contribution in [-0.2, 0) is 19.2 Å². The third kappa shape index (κ3) is 2.61. The second-order valence-corrected chi connectivity index (χ2v) is 9.44. The molecule has 1 aliphatic heterocycles. The van der Waals surface area contributed by atoms with Gasteiger partial charge in [0, 0.05) is 33.6 Å². The summed E-state index contributed by atoms with van der Waals surface area (Å²) in [4.78, 5) is 51.7. The summed E-state index contributed by atoms with van der Waals surface area (Å²) in [6.45, 7) is 1.60. The van der Waals surface area contributed by atoms with E-state index >= 15 is 0 Å². The van der Waals surface area contributed by atoms with Crippen LogP contribution >= 0.6 is 0 Å². The van der Waals surface area contributed by atoms with Gasteiger partial charge >= 0.3 is 0 Å². The number of aromatic hydroxyl groups is 1. The van der Waals surface area contributed by atoms with Crippen molar-refractivity contribution in [2.45, 2.75) is 25.7 Å². The van der Waals surface area contributed by atoms with E-state index in [1.165, 1.54) is 6.08 Å². The lowest BCUT2D eigenvalue weighted by molar-refractivity contribution is -0.173. The second kappa shape index (κ2) is 7.08. The smallest absolute Gasteiger partial charge is 0.257 e. The molecule has 170 valence electrons. The van der Waals surface area contributed by atoms with Crippen molar-refractivity contribution < 1.29 is 29.5 Å². The predicted octanol–water partition coefficient (Wildman–Crippen LogP) is 3.36. The largest absolute Gasteiger partial charge is 0.507 e. The van der Waals surface area contributed by atoms with Gasteiger partial charge in [-0.3, -0.25) is 24.4 Å². The summed E-state index contributed by atoms with van der Waals surface area (Å²) in [5.41, 5.74) is 2.18. The Kier molecular flexibility index (Phi) is 4.32. The lowest BCUT2D eigenvalue weighted by Crippen LogP contribution is -2.39. The first-order chi connectivity index (χ1) is 16.3. The summed E-state index contributed by atoms with van der Waals surface area (Å²) in [6.07, 6.45) is 3.54. The molecule has 7 nitrogen and oxygen atoms in total. The van der Waals surface area contributed by atoms with E-state index in [-0.39, 0.29) is 35.2 Å². The molecule has 4 unspecified atom stereocenters. The van der Waals surface area contributed by atoms with Crippen molar-refractivity contribution in [1.82, 2.24) is 5.06 Å². The molecule has 2 amide bonds. The number of rotatable bonds is 1. The van der Waals surface area contributed by atoms with E-state index in [0.717, 1.165) is 11.0 Å². The molecule has 2 aromatic carbocycles. The molecule has 2 aromatic rings. The Hall–Kier alpha value is -3.84. The Morgan fingerprint density at radius 2 is 1.74 bits per heavy atom. The highest BCUT2D eigenvalue weighted by molar-refractivity contribution is 6.24. The summed E-state index contributed by atoms with van der Waals surface area (Å²) < 4.78 is 0. The van der Waals surface area contributed by atoms with Crippen LogP contribution in [0.5, 0.6) is 5.75 Å². The minimum atomic E-state index is -0.813. The molecule has 6 rings (SSSR count). The van der Waals surface area contributed by atoms with Crippen molar-refractivity contribution in [2.75, 3.05) is 0 Å². The van der Waals surface area contributed by atoms with E-state index in [1.807, 2.05) is 30.3 Å². The molecule has 2 N–H and O–H groups in total. The number of Topliss-reactive ketones (excluding diaryl/α,β-unsaturated/α-hetero) is 1. The Bertz CT molecular complexity index is 1440. The number of phenolic OH excluding ortho intramolecular Hbond substituents is 1. The zero-order chi connectivity index (χ0) is 23.9. The number of phenols is 1. The van der Waals surface area contributed by atoms with E-state index in [4.69, 9.17) is 0 Å². The zero-order valence-corrected chi connectivity index (χ0v) is 18.3. The molecule has 4 atom stereocenters. The molecule has 1 saturated heterocycles. The van der Waals surface area contributed by atoms with Gasteiger partial charge in [0.2, 0.25) is 0 Å². The number of hydroxylamine groups is 2. The third-order valence-electron chi connectivity index (χ3n) is 7.78. The first-order valence-corrected chi connectivity index (χ1v) is 11.3. The van der Waals surface area contributed by atoms with E-state index in [1.54, 1.807) is 19.1 Å². The lowest BCUT2D eigenvalue weighted by Gasteiger charge is -2.42. The van der Waals surface area contributed by atoms with Gasteiger partial charge in [-0.1, -0.05) is 48.0 Å². The lowest BCUT2D eigenvalue weighted by atomic mass is 9.59. The number of imide groups is 1. The molecular formula is C27H21NO6. The van der Waals surface area contributed by atoms with Gasteiger partial charge in [0.05, 0.1) is 11.8 Å². The fourth-order valence-corrected chi connectivity index (χ4v) is 6.20. The first kappa shape index (κ1) is 20.7. The number of benzene rings is 2. The molecule has 1 heterocycles. The number of carbonyl (C=O) groups is 4. The maximum Gasteiger partial charge on any atom is 0.257 e. The van der Waals surface area contributed by atoms with Gasteiger partial charge in [-0.05, 0) is 37.1 Å². The normalized spacial score (nSPS) is 28.6. The number of fused-ring (bicyclic) bond motifs is 4. The maximum atomic E-state index is 13.4. The van der Waals surface area contributed by atoms with Crippen LogP contribution in [0.25, 0.3) is 10.8 Å². The van der Waals surface area contributed by atoms with Crippen LogP contribution in [0.2, 0.25) is 0 Å². The molecule has 0 radical (unpaired) electrons. The Morgan fingerprint density at radius 1 is 0.971 bits per heavy atom. The van der Waals surface area contributed by atoms with E-state index in [2.05, 4.69) is 0 Å². The standard InChI is InChI=1S/C27H21NO6/c1-12-10-20(29)19-11-18-15(8-9-17-22(18)27(33)28(34)26(17)32)21(23(19)24(12)30)16-7-6-13-4-2-3-5-14(13)25(16)31/h2-8,10,17-18,21-22,31,34H,9,11H2,1H3. The molecule has 7 heteroatoms. The average Bonchev–Trinajstić information content (AvgIpc) is 3.06. The van der Waals surface area contributed by atoms with Crippen LogP contribution in [0.4, 0.5) is 0 Å². The predicted molar refractivity (Wildman–Crippen MR) is 121 cm³/mol. The van der Waals surface area contributed by atoms with Gasteiger partial charge < -0.3 is 5.11 Å². The van der Waals surface area contributed by atoms with Gasteiger partial charge in [0.1, 0.15) is 5.75 Å². The summed E-state index contributed by atoms with van der Waals surface area (Å²) in [7, 11) is 0. The number of allylic oxidation sites excluding steroid dienone is 6. The van der Waals surface area contributed by atoms with Crippen LogP contribution in [0.3, 0.4) is 0 Å². The minimum absolute atomic E-state index is 0.0173. The second-order valence-electron chi connectivity index (χ2n) is 9.44. The van der Waals surface area contributed by atoms with Crippen LogP contribution in [0, 0.1) is 17.8 Å². The van der Waals surface area contributed by atoms with Crippen LogP contribution in [0.1, 0.15) is 31.2 Å². The summed E-state index contributed by atoms with van der Waals surface area (Å²) in [5, 5.41) is 23.0. The van der Waals surface area contributed by atoms with Crippen molar-refractivity contribution in [3.05, 3.63) is 76.4 Å². The molecule has 3 aliphatic carbocycles. The summed E-state index contributed by atoms with van der Waals surface area (Å²) >= 11 is 0. The Balaban J connectivity index is 1.60. The zero-order valence-electron chi connectivity index (χ0n) is 18.3. The van der Waals surface area contributed by atoms with E-state index in [0.29, 0.717) is 27.7 Å².